The quantitative estimate of drug-likeness (QED) is 0.671. The fourth-order valence-corrected chi connectivity index (χ4v) is 1.58. The van der Waals surface area contributed by atoms with E-state index in [4.69, 9.17) is 21.8 Å². The lowest BCUT2D eigenvalue weighted by Gasteiger charge is -2.12. The highest BCUT2D eigenvalue weighted by atomic mass is 79.9. The zero-order valence-corrected chi connectivity index (χ0v) is 11.3. The van der Waals surface area contributed by atoms with Crippen molar-refractivity contribution in [3.63, 3.8) is 0 Å². The van der Waals surface area contributed by atoms with Crippen LogP contribution in [0.4, 0.5) is 10.5 Å². The molecule has 2 amide bonds. The van der Waals surface area contributed by atoms with E-state index in [0.717, 1.165) is 0 Å². The number of aliphatic hydroxyl groups is 1. The number of halogens is 2. The SMILES string of the molecule is O=C(Nc1ccc(Cl)c(Br)c1)N[C@H](CO)C(=O)O. The highest BCUT2D eigenvalue weighted by molar-refractivity contribution is 9.10. The molecule has 1 atom stereocenters. The molecular formula is C10H10BrClN2O4. The molecule has 1 aromatic rings. The van der Waals surface area contributed by atoms with Crippen LogP contribution in [-0.4, -0.2) is 34.9 Å². The summed E-state index contributed by atoms with van der Waals surface area (Å²) in [5.41, 5.74) is 0.436. The molecule has 6 nitrogen and oxygen atoms in total. The number of carbonyl (C=O) groups is 2. The van der Waals surface area contributed by atoms with Crippen LogP contribution in [0.1, 0.15) is 0 Å². The summed E-state index contributed by atoms with van der Waals surface area (Å²) < 4.78 is 0.596. The van der Waals surface area contributed by atoms with Crippen molar-refractivity contribution in [2.45, 2.75) is 6.04 Å². The van der Waals surface area contributed by atoms with Crippen molar-refractivity contribution in [1.82, 2.24) is 5.32 Å². The van der Waals surface area contributed by atoms with Crippen molar-refractivity contribution in [2.75, 3.05) is 11.9 Å². The predicted molar refractivity (Wildman–Crippen MR) is 69.8 cm³/mol. The van der Waals surface area contributed by atoms with Crippen LogP contribution < -0.4 is 10.6 Å². The van der Waals surface area contributed by atoms with Gasteiger partial charge in [0.1, 0.15) is 0 Å². The Morgan fingerprint density at radius 1 is 1.44 bits per heavy atom. The lowest BCUT2D eigenvalue weighted by atomic mass is 10.3. The molecule has 0 heterocycles. The van der Waals surface area contributed by atoms with Crippen LogP contribution in [0.15, 0.2) is 22.7 Å². The van der Waals surface area contributed by atoms with Crippen molar-refractivity contribution in [2.24, 2.45) is 0 Å². The summed E-state index contributed by atoms with van der Waals surface area (Å²) in [6, 6.07) is 2.62. The number of benzene rings is 1. The molecule has 0 unspecified atom stereocenters. The number of urea groups is 1. The number of carboxylic acid groups (broad SMARTS) is 1. The number of hydrogen-bond acceptors (Lipinski definition) is 3. The lowest BCUT2D eigenvalue weighted by Crippen LogP contribution is -2.45. The topological polar surface area (TPSA) is 98.7 Å². The van der Waals surface area contributed by atoms with Crippen LogP contribution >= 0.6 is 27.5 Å². The molecule has 0 aliphatic rings. The van der Waals surface area contributed by atoms with Gasteiger partial charge in [-0.15, -0.1) is 0 Å². The Morgan fingerprint density at radius 2 is 2.11 bits per heavy atom. The summed E-state index contributed by atoms with van der Waals surface area (Å²) in [5.74, 6) is -1.31. The minimum absolute atomic E-state index is 0.436. The average molecular weight is 338 g/mol. The van der Waals surface area contributed by atoms with Gasteiger partial charge in [0.2, 0.25) is 0 Å². The Kier molecular flexibility index (Phi) is 5.39. The first-order valence-corrected chi connectivity index (χ1v) is 5.97. The third-order valence-electron chi connectivity index (χ3n) is 1.96. The van der Waals surface area contributed by atoms with Gasteiger partial charge >= 0.3 is 12.0 Å². The fourth-order valence-electron chi connectivity index (χ4n) is 1.08. The third-order valence-corrected chi connectivity index (χ3v) is 3.18. The Morgan fingerprint density at radius 3 is 2.61 bits per heavy atom. The number of aliphatic carboxylic acids is 1. The summed E-state index contributed by atoms with van der Waals surface area (Å²) in [4.78, 5) is 22.0. The van der Waals surface area contributed by atoms with Crippen LogP contribution in [0, 0.1) is 0 Å². The highest BCUT2D eigenvalue weighted by Crippen LogP contribution is 2.25. The van der Waals surface area contributed by atoms with E-state index in [1.807, 2.05) is 0 Å². The molecule has 0 radical (unpaired) electrons. The van der Waals surface area contributed by atoms with Gasteiger partial charge in [0.25, 0.3) is 0 Å². The van der Waals surface area contributed by atoms with Crippen LogP contribution in [-0.2, 0) is 4.79 Å². The molecular weight excluding hydrogens is 327 g/mol. The molecule has 0 saturated heterocycles. The number of anilines is 1. The molecule has 0 saturated carbocycles. The first-order chi connectivity index (χ1) is 8.43. The van der Waals surface area contributed by atoms with E-state index in [-0.39, 0.29) is 0 Å². The van der Waals surface area contributed by atoms with Gasteiger partial charge in [-0.25, -0.2) is 9.59 Å². The molecule has 8 heteroatoms. The summed E-state index contributed by atoms with van der Waals surface area (Å²) >= 11 is 8.97. The molecule has 1 aromatic carbocycles. The largest absolute Gasteiger partial charge is 0.480 e. The number of aliphatic hydroxyl groups excluding tert-OH is 1. The second-order valence-electron chi connectivity index (χ2n) is 3.30. The van der Waals surface area contributed by atoms with E-state index >= 15 is 0 Å². The number of carbonyl (C=O) groups excluding carboxylic acids is 1. The van der Waals surface area contributed by atoms with E-state index in [2.05, 4.69) is 26.6 Å². The van der Waals surface area contributed by atoms with Crippen molar-refractivity contribution in [3.05, 3.63) is 27.7 Å². The first kappa shape index (κ1) is 14.7. The number of hydrogen-bond donors (Lipinski definition) is 4. The third kappa shape index (κ3) is 4.17. The lowest BCUT2D eigenvalue weighted by molar-refractivity contribution is -0.140. The van der Waals surface area contributed by atoms with Gasteiger partial charge in [0.05, 0.1) is 11.6 Å². The van der Waals surface area contributed by atoms with E-state index in [1.54, 1.807) is 18.2 Å². The molecule has 0 fully saturated rings. The van der Waals surface area contributed by atoms with Crippen molar-refractivity contribution in [3.8, 4) is 0 Å². The Hall–Kier alpha value is -1.31. The van der Waals surface area contributed by atoms with Gasteiger partial charge in [0.15, 0.2) is 6.04 Å². The normalized spacial score (nSPS) is 11.7. The predicted octanol–water partition coefficient (Wildman–Crippen LogP) is 1.67. The van der Waals surface area contributed by atoms with E-state index in [1.165, 1.54) is 0 Å². The van der Waals surface area contributed by atoms with Gasteiger partial charge < -0.3 is 20.8 Å². The molecule has 0 aromatic heterocycles. The monoisotopic (exact) mass is 336 g/mol. The minimum atomic E-state index is -1.35. The number of rotatable bonds is 4. The fraction of sp³-hybridized carbons (Fsp3) is 0.200. The number of amides is 2. The summed E-state index contributed by atoms with van der Waals surface area (Å²) in [6.07, 6.45) is 0. The maximum atomic E-state index is 11.4. The van der Waals surface area contributed by atoms with Gasteiger partial charge in [-0.05, 0) is 34.1 Å². The first-order valence-electron chi connectivity index (χ1n) is 4.80. The Balaban J connectivity index is 2.64. The standard InChI is InChI=1S/C10H10BrClN2O4/c11-6-3-5(1-2-7(6)12)13-10(18)14-8(4-15)9(16)17/h1-3,8,15H,4H2,(H,16,17)(H2,13,14,18)/t8-/m1/s1. The Bertz CT molecular complexity index is 469. The molecule has 4 N–H and O–H groups in total. The maximum absolute atomic E-state index is 11.4. The van der Waals surface area contributed by atoms with Gasteiger partial charge in [-0.2, -0.15) is 0 Å². The molecule has 18 heavy (non-hydrogen) atoms. The van der Waals surface area contributed by atoms with Gasteiger partial charge in [-0.1, -0.05) is 11.6 Å². The van der Waals surface area contributed by atoms with Crippen LogP contribution in [0.25, 0.3) is 0 Å². The second-order valence-corrected chi connectivity index (χ2v) is 4.56. The smallest absolute Gasteiger partial charge is 0.328 e. The molecule has 0 spiro atoms. The summed E-state index contributed by atoms with van der Waals surface area (Å²) in [7, 11) is 0. The second kappa shape index (κ2) is 6.58. The zero-order chi connectivity index (χ0) is 13.7. The van der Waals surface area contributed by atoms with E-state index in [9.17, 15) is 9.59 Å². The zero-order valence-electron chi connectivity index (χ0n) is 8.98. The van der Waals surface area contributed by atoms with Gasteiger partial charge in [-0.3, -0.25) is 0 Å². The molecule has 0 aliphatic carbocycles. The Labute approximate surface area is 116 Å². The molecule has 1 rings (SSSR count). The van der Waals surface area contributed by atoms with E-state index in [0.29, 0.717) is 15.2 Å². The number of carboxylic acids is 1. The average Bonchev–Trinajstić information content (AvgIpc) is 2.30. The summed E-state index contributed by atoms with van der Waals surface area (Å²) in [6.45, 7) is -0.687. The molecule has 0 bridgehead atoms. The molecule has 0 aliphatic heterocycles. The maximum Gasteiger partial charge on any atom is 0.328 e. The highest BCUT2D eigenvalue weighted by Gasteiger charge is 2.18. The number of nitrogens with one attached hydrogen (secondary N) is 2. The molecule has 98 valence electrons. The summed E-state index contributed by atoms with van der Waals surface area (Å²) in [5, 5.41) is 22.4. The van der Waals surface area contributed by atoms with E-state index < -0.39 is 24.6 Å². The van der Waals surface area contributed by atoms with Crippen molar-refractivity contribution in [1.29, 1.82) is 0 Å². The van der Waals surface area contributed by atoms with Crippen molar-refractivity contribution >= 4 is 45.2 Å². The van der Waals surface area contributed by atoms with Gasteiger partial charge in [0, 0.05) is 10.2 Å². The van der Waals surface area contributed by atoms with Crippen LogP contribution in [0.3, 0.4) is 0 Å². The van der Waals surface area contributed by atoms with Crippen LogP contribution in [0.2, 0.25) is 5.02 Å². The van der Waals surface area contributed by atoms with Crippen LogP contribution in [0.5, 0.6) is 0 Å². The van der Waals surface area contributed by atoms with Crippen molar-refractivity contribution < 1.29 is 19.8 Å². The minimum Gasteiger partial charge on any atom is -0.480 e.